The second-order valence-electron chi connectivity index (χ2n) is 4.20. The van der Waals surface area contributed by atoms with Crippen molar-refractivity contribution in [3.63, 3.8) is 0 Å². The molecule has 0 amide bonds. The number of hydrogen-bond acceptors (Lipinski definition) is 6. The summed E-state index contributed by atoms with van der Waals surface area (Å²) in [7, 11) is 0. The lowest BCUT2D eigenvalue weighted by molar-refractivity contribution is -0.159. The Hall–Kier alpha value is -2.21. The molecule has 6 nitrogen and oxygen atoms in total. The van der Waals surface area contributed by atoms with Crippen LogP contribution < -0.4 is 5.73 Å². The van der Waals surface area contributed by atoms with Gasteiger partial charge in [-0.3, -0.25) is 9.59 Å². The summed E-state index contributed by atoms with van der Waals surface area (Å²) in [5, 5.41) is 0. The molecule has 0 spiro atoms. The highest BCUT2D eigenvalue weighted by Gasteiger charge is 2.18. The van der Waals surface area contributed by atoms with Crippen LogP contribution in [0.4, 0.5) is 0 Å². The predicted molar refractivity (Wildman–Crippen MR) is 70.2 cm³/mol. The van der Waals surface area contributed by atoms with Crippen molar-refractivity contribution in [2.75, 3.05) is 0 Å². The van der Waals surface area contributed by atoms with E-state index in [0.29, 0.717) is 0 Å². The number of benzene rings is 1. The Morgan fingerprint density at radius 1 is 1.20 bits per heavy atom. The van der Waals surface area contributed by atoms with E-state index in [0.717, 1.165) is 12.5 Å². The van der Waals surface area contributed by atoms with Gasteiger partial charge in [-0.15, -0.1) is 0 Å². The van der Waals surface area contributed by atoms with Crippen LogP contribution in [0.25, 0.3) is 0 Å². The van der Waals surface area contributed by atoms with Crippen molar-refractivity contribution in [1.29, 1.82) is 0 Å². The number of nitrogens with two attached hydrogens (primary N) is 1. The lowest BCUT2D eigenvalue weighted by Gasteiger charge is -2.09. The molecule has 1 atom stereocenters. The van der Waals surface area contributed by atoms with E-state index in [-0.39, 0.29) is 19.4 Å². The van der Waals surface area contributed by atoms with Crippen molar-refractivity contribution < 1.29 is 23.9 Å². The molecule has 0 bridgehead atoms. The zero-order chi connectivity index (χ0) is 15.0. The van der Waals surface area contributed by atoms with Gasteiger partial charge >= 0.3 is 17.9 Å². The number of carbonyl (C=O) groups is 3. The maximum absolute atomic E-state index is 11.5. The first kappa shape index (κ1) is 15.8. The van der Waals surface area contributed by atoms with Crippen molar-refractivity contribution in [3.8, 4) is 0 Å². The van der Waals surface area contributed by atoms with Crippen molar-refractivity contribution in [2.45, 2.75) is 32.4 Å². The van der Waals surface area contributed by atoms with Crippen molar-refractivity contribution in [3.05, 3.63) is 35.9 Å². The fourth-order valence-electron chi connectivity index (χ4n) is 1.42. The van der Waals surface area contributed by atoms with Crippen LogP contribution >= 0.6 is 0 Å². The van der Waals surface area contributed by atoms with Crippen LogP contribution in [0.15, 0.2) is 30.3 Å². The summed E-state index contributed by atoms with van der Waals surface area (Å²) in [6.45, 7) is 1.28. The molecule has 0 saturated heterocycles. The molecule has 0 saturated carbocycles. The quantitative estimate of drug-likeness (QED) is 0.614. The summed E-state index contributed by atoms with van der Waals surface area (Å²) in [5.74, 6) is -2.02. The number of ether oxygens (including phenoxy) is 2. The normalized spacial score (nSPS) is 11.5. The number of hydrogen-bond donors (Lipinski definition) is 1. The van der Waals surface area contributed by atoms with Gasteiger partial charge in [0.25, 0.3) is 0 Å². The second kappa shape index (κ2) is 8.06. The Morgan fingerprint density at radius 2 is 1.85 bits per heavy atom. The van der Waals surface area contributed by atoms with E-state index in [1.807, 2.05) is 30.3 Å². The van der Waals surface area contributed by atoms with E-state index in [1.165, 1.54) is 0 Å². The van der Waals surface area contributed by atoms with E-state index >= 15 is 0 Å². The largest absolute Gasteiger partial charge is 0.461 e. The van der Waals surface area contributed by atoms with Crippen molar-refractivity contribution in [2.24, 2.45) is 5.73 Å². The predicted octanol–water partition coefficient (Wildman–Crippen LogP) is 0.927. The summed E-state index contributed by atoms with van der Waals surface area (Å²) in [6, 6.07) is 8.22. The molecule has 1 aromatic rings. The molecule has 108 valence electrons. The van der Waals surface area contributed by atoms with Gasteiger partial charge in [-0.25, -0.2) is 4.79 Å². The molecule has 1 aromatic carbocycles. The van der Waals surface area contributed by atoms with Gasteiger partial charge < -0.3 is 15.2 Å². The highest BCUT2D eigenvalue weighted by Crippen LogP contribution is 2.04. The molecule has 0 heterocycles. The maximum atomic E-state index is 11.5. The third-order valence-electron chi connectivity index (χ3n) is 2.45. The van der Waals surface area contributed by atoms with Gasteiger partial charge in [-0.2, -0.15) is 0 Å². The van der Waals surface area contributed by atoms with Crippen LogP contribution in [0.3, 0.4) is 0 Å². The smallest absolute Gasteiger partial charge is 0.330 e. The van der Waals surface area contributed by atoms with Gasteiger partial charge in [-0.1, -0.05) is 30.3 Å². The molecule has 20 heavy (non-hydrogen) atoms. The fourth-order valence-corrected chi connectivity index (χ4v) is 1.42. The Bertz CT molecular complexity index is 472. The minimum Gasteiger partial charge on any atom is -0.461 e. The summed E-state index contributed by atoms with van der Waals surface area (Å²) in [5.41, 5.74) is 6.36. The van der Waals surface area contributed by atoms with Crippen LogP contribution in [0, 0.1) is 0 Å². The SMILES string of the molecule is CC(=O)OC(=O)[C@@H](N)CCC(=O)OCc1ccccc1. The molecule has 2 N–H and O–H groups in total. The van der Waals surface area contributed by atoms with Gasteiger partial charge in [0.05, 0.1) is 0 Å². The van der Waals surface area contributed by atoms with Crippen LogP contribution in [-0.2, 0) is 30.5 Å². The first-order valence-electron chi connectivity index (χ1n) is 6.16. The Kier molecular flexibility index (Phi) is 6.39. The number of carbonyl (C=O) groups excluding carboxylic acids is 3. The Balaban J connectivity index is 2.26. The maximum Gasteiger partial charge on any atom is 0.330 e. The van der Waals surface area contributed by atoms with E-state index in [1.54, 1.807) is 0 Å². The summed E-state index contributed by atoms with van der Waals surface area (Å²) in [6.07, 6.45) is 0.0563. The lowest BCUT2D eigenvalue weighted by Crippen LogP contribution is -2.33. The van der Waals surface area contributed by atoms with E-state index in [4.69, 9.17) is 10.5 Å². The molecule has 0 aliphatic carbocycles. The molecule has 0 radical (unpaired) electrons. The molecule has 6 heteroatoms. The van der Waals surface area contributed by atoms with Crippen LogP contribution in [-0.4, -0.2) is 23.9 Å². The molecule has 1 rings (SSSR count). The minimum absolute atomic E-state index is 0.0129. The highest BCUT2D eigenvalue weighted by atomic mass is 16.6. The first-order valence-corrected chi connectivity index (χ1v) is 6.16. The average molecular weight is 279 g/mol. The second-order valence-corrected chi connectivity index (χ2v) is 4.20. The van der Waals surface area contributed by atoms with E-state index < -0.39 is 23.9 Å². The van der Waals surface area contributed by atoms with Gasteiger partial charge in [0.2, 0.25) is 0 Å². The summed E-state index contributed by atoms with van der Waals surface area (Å²) in [4.78, 5) is 33.3. The molecule has 0 unspecified atom stereocenters. The summed E-state index contributed by atoms with van der Waals surface area (Å²) >= 11 is 0. The van der Waals surface area contributed by atoms with Gasteiger partial charge in [0.15, 0.2) is 0 Å². The lowest BCUT2D eigenvalue weighted by atomic mass is 10.2. The Labute approximate surface area is 116 Å². The van der Waals surface area contributed by atoms with Gasteiger partial charge in [-0.05, 0) is 12.0 Å². The fraction of sp³-hybridized carbons (Fsp3) is 0.357. The third kappa shape index (κ3) is 6.10. The molecule has 0 aliphatic rings. The molecule has 0 aliphatic heterocycles. The van der Waals surface area contributed by atoms with Gasteiger partial charge in [0.1, 0.15) is 12.6 Å². The monoisotopic (exact) mass is 279 g/mol. The third-order valence-corrected chi connectivity index (χ3v) is 2.45. The standard InChI is InChI=1S/C14H17NO5/c1-10(16)20-14(18)12(15)7-8-13(17)19-9-11-5-3-2-4-6-11/h2-6,12H,7-9,15H2,1H3/t12-/m0/s1. The van der Waals surface area contributed by atoms with Crippen LogP contribution in [0.2, 0.25) is 0 Å². The number of esters is 3. The topological polar surface area (TPSA) is 95.7 Å². The van der Waals surface area contributed by atoms with E-state index in [2.05, 4.69) is 4.74 Å². The molecule has 0 aromatic heterocycles. The highest BCUT2D eigenvalue weighted by molar-refractivity contribution is 5.87. The minimum atomic E-state index is -1.01. The van der Waals surface area contributed by atoms with Gasteiger partial charge in [0, 0.05) is 13.3 Å². The van der Waals surface area contributed by atoms with Crippen LogP contribution in [0.1, 0.15) is 25.3 Å². The van der Waals surface area contributed by atoms with Crippen molar-refractivity contribution >= 4 is 17.9 Å². The molecular weight excluding hydrogens is 262 g/mol. The first-order chi connectivity index (χ1) is 9.49. The molecule has 0 fully saturated rings. The summed E-state index contributed by atoms with van der Waals surface area (Å²) < 4.78 is 9.34. The zero-order valence-electron chi connectivity index (χ0n) is 11.2. The Morgan fingerprint density at radius 3 is 2.45 bits per heavy atom. The number of rotatable bonds is 6. The van der Waals surface area contributed by atoms with Crippen molar-refractivity contribution in [1.82, 2.24) is 0 Å². The van der Waals surface area contributed by atoms with E-state index in [9.17, 15) is 14.4 Å². The van der Waals surface area contributed by atoms with Crippen LogP contribution in [0.5, 0.6) is 0 Å². The zero-order valence-corrected chi connectivity index (χ0v) is 11.2. The average Bonchev–Trinajstić information content (AvgIpc) is 2.42. The molecular formula is C14H17NO5.